The molecule has 0 unspecified atom stereocenters. The Hall–Kier alpha value is -2.30. The van der Waals surface area contributed by atoms with E-state index in [0.717, 1.165) is 16.6 Å². The first kappa shape index (κ1) is 8.05. The molecule has 0 atom stereocenters. The number of nitrogen functional groups attached to an aromatic ring is 1. The van der Waals surface area contributed by atoms with Gasteiger partial charge in [0, 0.05) is 5.56 Å². The molecule has 0 aliphatic rings. The van der Waals surface area contributed by atoms with Crippen molar-refractivity contribution in [1.29, 1.82) is 0 Å². The number of oxazole rings is 1. The summed E-state index contributed by atoms with van der Waals surface area (Å²) in [6.07, 6.45) is 2.97. The predicted octanol–water partition coefficient (Wildman–Crippen LogP) is 2.06. The molecule has 0 spiro atoms. The first-order valence-corrected chi connectivity index (χ1v) is 4.39. The minimum Gasteiger partial charge on any atom is -0.443 e. The van der Waals surface area contributed by atoms with E-state index in [1.165, 1.54) is 6.39 Å². The summed E-state index contributed by atoms with van der Waals surface area (Å²) in [5.41, 5.74) is 8.71. The van der Waals surface area contributed by atoms with Gasteiger partial charge in [-0.25, -0.2) is 4.98 Å². The third-order valence-electron chi connectivity index (χ3n) is 2.25. The van der Waals surface area contributed by atoms with Crippen molar-refractivity contribution in [2.75, 3.05) is 5.73 Å². The lowest BCUT2D eigenvalue weighted by molar-refractivity contribution is 0.436. The molecule has 74 valence electrons. The Balaban J connectivity index is 2.36. The standard InChI is InChI=1S/C10H7N3O2/c11-10-7(4-13-15-10)6-2-1-3-8-9(6)12-5-14-8/h1-5H,11H2. The van der Waals surface area contributed by atoms with Crippen LogP contribution in [-0.4, -0.2) is 10.1 Å². The highest BCUT2D eigenvalue weighted by Gasteiger charge is 2.12. The number of hydrogen-bond donors (Lipinski definition) is 1. The van der Waals surface area contributed by atoms with E-state index in [2.05, 4.69) is 10.1 Å². The Labute approximate surface area is 84.5 Å². The predicted molar refractivity (Wildman–Crippen MR) is 53.9 cm³/mol. The van der Waals surface area contributed by atoms with Gasteiger partial charge in [-0.3, -0.25) is 0 Å². The summed E-state index contributed by atoms with van der Waals surface area (Å²) >= 11 is 0. The van der Waals surface area contributed by atoms with E-state index < -0.39 is 0 Å². The Kier molecular flexibility index (Phi) is 1.53. The molecule has 0 saturated heterocycles. The van der Waals surface area contributed by atoms with Crippen molar-refractivity contribution in [3.8, 4) is 11.1 Å². The van der Waals surface area contributed by atoms with Gasteiger partial charge in [0.25, 0.3) is 0 Å². The molecule has 0 bridgehead atoms. The summed E-state index contributed by atoms with van der Waals surface area (Å²) in [6.45, 7) is 0. The summed E-state index contributed by atoms with van der Waals surface area (Å²) < 4.78 is 10.0. The number of hydrogen-bond acceptors (Lipinski definition) is 5. The van der Waals surface area contributed by atoms with E-state index in [4.69, 9.17) is 14.7 Å². The summed E-state index contributed by atoms with van der Waals surface area (Å²) in [7, 11) is 0. The molecule has 5 nitrogen and oxygen atoms in total. The number of rotatable bonds is 1. The second-order valence-corrected chi connectivity index (χ2v) is 3.11. The van der Waals surface area contributed by atoms with E-state index in [0.29, 0.717) is 5.58 Å². The highest BCUT2D eigenvalue weighted by molar-refractivity contribution is 5.92. The van der Waals surface area contributed by atoms with E-state index in [-0.39, 0.29) is 5.88 Å². The Bertz CT molecular complexity index is 612. The van der Waals surface area contributed by atoms with Crippen molar-refractivity contribution in [3.05, 3.63) is 30.8 Å². The molecule has 2 aromatic heterocycles. The number of fused-ring (bicyclic) bond motifs is 1. The maximum Gasteiger partial charge on any atom is 0.230 e. The first-order valence-electron chi connectivity index (χ1n) is 4.39. The number of aromatic nitrogens is 2. The molecule has 0 amide bonds. The Morgan fingerprint density at radius 3 is 2.93 bits per heavy atom. The highest BCUT2D eigenvalue weighted by atomic mass is 16.5. The van der Waals surface area contributed by atoms with Crippen LogP contribution in [0.3, 0.4) is 0 Å². The number of nitrogens with two attached hydrogens (primary N) is 1. The monoisotopic (exact) mass is 201 g/mol. The largest absolute Gasteiger partial charge is 0.443 e. The molecule has 15 heavy (non-hydrogen) atoms. The summed E-state index contributed by atoms with van der Waals surface area (Å²) in [5, 5.41) is 3.63. The van der Waals surface area contributed by atoms with Gasteiger partial charge in [-0.05, 0) is 6.07 Å². The smallest absolute Gasteiger partial charge is 0.230 e. The molecule has 2 heterocycles. The third-order valence-corrected chi connectivity index (χ3v) is 2.25. The number of para-hydroxylation sites is 1. The van der Waals surface area contributed by atoms with E-state index in [9.17, 15) is 0 Å². The zero-order valence-corrected chi connectivity index (χ0v) is 7.68. The Morgan fingerprint density at radius 1 is 1.20 bits per heavy atom. The van der Waals surface area contributed by atoms with Crippen LogP contribution in [0.15, 0.2) is 39.7 Å². The van der Waals surface area contributed by atoms with Crippen LogP contribution in [0.2, 0.25) is 0 Å². The molecule has 0 saturated carbocycles. The molecule has 0 aliphatic carbocycles. The first-order chi connectivity index (χ1) is 7.36. The average Bonchev–Trinajstić information content (AvgIpc) is 2.85. The lowest BCUT2D eigenvalue weighted by Gasteiger charge is -1.97. The van der Waals surface area contributed by atoms with Crippen molar-refractivity contribution >= 4 is 17.0 Å². The van der Waals surface area contributed by atoms with Crippen LogP contribution in [0, 0.1) is 0 Å². The molecule has 3 aromatic rings. The van der Waals surface area contributed by atoms with Gasteiger partial charge in [0.2, 0.25) is 5.88 Å². The minimum absolute atomic E-state index is 0.283. The van der Waals surface area contributed by atoms with E-state index in [1.807, 2.05) is 18.2 Å². The van der Waals surface area contributed by atoms with E-state index >= 15 is 0 Å². The molecule has 2 N–H and O–H groups in total. The maximum absolute atomic E-state index is 5.64. The summed E-state index contributed by atoms with van der Waals surface area (Å²) in [6, 6.07) is 5.61. The maximum atomic E-state index is 5.64. The fourth-order valence-corrected chi connectivity index (χ4v) is 1.55. The van der Waals surface area contributed by atoms with Crippen LogP contribution in [0.4, 0.5) is 5.88 Å². The van der Waals surface area contributed by atoms with Gasteiger partial charge in [0.1, 0.15) is 5.52 Å². The van der Waals surface area contributed by atoms with Gasteiger partial charge in [-0.2, -0.15) is 0 Å². The van der Waals surface area contributed by atoms with Crippen LogP contribution in [0.5, 0.6) is 0 Å². The van der Waals surface area contributed by atoms with Gasteiger partial charge >= 0.3 is 0 Å². The zero-order valence-electron chi connectivity index (χ0n) is 7.68. The zero-order chi connectivity index (χ0) is 10.3. The molecular formula is C10H7N3O2. The average molecular weight is 201 g/mol. The second-order valence-electron chi connectivity index (χ2n) is 3.11. The fourth-order valence-electron chi connectivity index (χ4n) is 1.55. The van der Waals surface area contributed by atoms with Crippen LogP contribution in [0.25, 0.3) is 22.2 Å². The van der Waals surface area contributed by atoms with Gasteiger partial charge in [-0.1, -0.05) is 17.3 Å². The van der Waals surface area contributed by atoms with Crippen molar-refractivity contribution in [1.82, 2.24) is 10.1 Å². The summed E-state index contributed by atoms with van der Waals surface area (Å²) in [4.78, 5) is 4.12. The van der Waals surface area contributed by atoms with Gasteiger partial charge in [-0.15, -0.1) is 0 Å². The molecule has 0 aliphatic heterocycles. The third kappa shape index (κ3) is 1.10. The molecule has 0 radical (unpaired) electrons. The van der Waals surface area contributed by atoms with Crippen molar-refractivity contribution < 1.29 is 8.94 Å². The van der Waals surface area contributed by atoms with Gasteiger partial charge in [0.15, 0.2) is 12.0 Å². The molecular weight excluding hydrogens is 194 g/mol. The van der Waals surface area contributed by atoms with Gasteiger partial charge < -0.3 is 14.7 Å². The SMILES string of the molecule is Nc1oncc1-c1cccc2ocnc12. The normalized spacial score (nSPS) is 10.9. The highest BCUT2D eigenvalue weighted by Crippen LogP contribution is 2.30. The summed E-state index contributed by atoms with van der Waals surface area (Å²) in [5.74, 6) is 0.283. The quantitative estimate of drug-likeness (QED) is 0.651. The number of nitrogens with zero attached hydrogens (tertiary/aromatic N) is 2. The fraction of sp³-hybridized carbons (Fsp3) is 0. The van der Waals surface area contributed by atoms with Crippen molar-refractivity contribution in [3.63, 3.8) is 0 Å². The minimum atomic E-state index is 0.283. The van der Waals surface area contributed by atoms with Crippen LogP contribution >= 0.6 is 0 Å². The van der Waals surface area contributed by atoms with Gasteiger partial charge in [0.05, 0.1) is 11.8 Å². The van der Waals surface area contributed by atoms with Crippen LogP contribution in [0.1, 0.15) is 0 Å². The molecule has 5 heteroatoms. The molecule has 3 rings (SSSR count). The number of anilines is 1. The van der Waals surface area contributed by atoms with Crippen LogP contribution in [-0.2, 0) is 0 Å². The second kappa shape index (κ2) is 2.84. The lowest BCUT2D eigenvalue weighted by Crippen LogP contribution is -1.85. The molecule has 1 aromatic carbocycles. The molecule has 0 fully saturated rings. The Morgan fingerprint density at radius 2 is 2.13 bits per heavy atom. The van der Waals surface area contributed by atoms with Crippen LogP contribution < -0.4 is 5.73 Å². The topological polar surface area (TPSA) is 78.1 Å². The van der Waals surface area contributed by atoms with Crippen molar-refractivity contribution in [2.45, 2.75) is 0 Å². The number of benzene rings is 1. The van der Waals surface area contributed by atoms with E-state index in [1.54, 1.807) is 6.20 Å². The lowest BCUT2D eigenvalue weighted by atomic mass is 10.1. The van der Waals surface area contributed by atoms with Crippen molar-refractivity contribution in [2.24, 2.45) is 0 Å².